The van der Waals surface area contributed by atoms with E-state index in [2.05, 4.69) is 11.1 Å². The molecule has 0 radical (unpaired) electrons. The molecule has 0 saturated heterocycles. The Bertz CT molecular complexity index is 761. The maximum Gasteiger partial charge on any atom is 0.168 e. The molecule has 1 heterocycles. The van der Waals surface area contributed by atoms with Gasteiger partial charge >= 0.3 is 0 Å². The van der Waals surface area contributed by atoms with Gasteiger partial charge in [0, 0.05) is 22.7 Å². The Hall–Kier alpha value is -2.74. The van der Waals surface area contributed by atoms with Crippen LogP contribution < -0.4 is 15.2 Å². The van der Waals surface area contributed by atoms with E-state index in [1.165, 1.54) is 0 Å². The number of nitrogens with zero attached hydrogens (tertiary/aromatic N) is 2. The van der Waals surface area contributed by atoms with Crippen molar-refractivity contribution >= 4 is 5.82 Å². The first kappa shape index (κ1) is 14.2. The molecule has 5 heteroatoms. The van der Waals surface area contributed by atoms with Crippen LogP contribution in [0.25, 0.3) is 11.1 Å². The fourth-order valence-electron chi connectivity index (χ4n) is 2.60. The number of anilines is 1. The SMILES string of the molecule is COc1cccc(-c2cc(C3CC3)nc(N)c2C#N)c1OC. The van der Waals surface area contributed by atoms with Gasteiger partial charge in [-0.25, -0.2) is 4.98 Å². The number of para-hydroxylation sites is 1. The second-order valence-corrected chi connectivity index (χ2v) is 5.28. The van der Waals surface area contributed by atoms with E-state index in [4.69, 9.17) is 15.2 Å². The number of methoxy groups -OCH3 is 2. The first-order valence-corrected chi connectivity index (χ1v) is 7.11. The van der Waals surface area contributed by atoms with Crippen LogP contribution in [0.5, 0.6) is 11.5 Å². The van der Waals surface area contributed by atoms with Gasteiger partial charge in [0.2, 0.25) is 0 Å². The number of hydrogen-bond acceptors (Lipinski definition) is 5. The van der Waals surface area contributed by atoms with E-state index in [0.29, 0.717) is 23.0 Å². The summed E-state index contributed by atoms with van der Waals surface area (Å²) in [6.07, 6.45) is 2.24. The fourth-order valence-corrected chi connectivity index (χ4v) is 2.60. The van der Waals surface area contributed by atoms with Crippen LogP contribution in [0.4, 0.5) is 5.82 Å². The van der Waals surface area contributed by atoms with Crippen LogP contribution in [-0.2, 0) is 0 Å². The minimum Gasteiger partial charge on any atom is -0.493 e. The maximum atomic E-state index is 9.45. The molecule has 0 unspecified atom stereocenters. The van der Waals surface area contributed by atoms with Crippen molar-refractivity contribution in [2.45, 2.75) is 18.8 Å². The highest BCUT2D eigenvalue weighted by atomic mass is 16.5. The fraction of sp³-hybridized carbons (Fsp3) is 0.294. The van der Waals surface area contributed by atoms with Crippen LogP contribution in [0.15, 0.2) is 24.3 Å². The summed E-state index contributed by atoms with van der Waals surface area (Å²) in [5.41, 5.74) is 8.83. The molecule has 0 aliphatic heterocycles. The molecule has 0 spiro atoms. The normalized spacial score (nSPS) is 13.5. The third kappa shape index (κ3) is 2.33. The number of ether oxygens (including phenoxy) is 2. The lowest BCUT2D eigenvalue weighted by molar-refractivity contribution is 0.356. The Morgan fingerprint density at radius 2 is 2.00 bits per heavy atom. The summed E-state index contributed by atoms with van der Waals surface area (Å²) in [4.78, 5) is 4.37. The Morgan fingerprint density at radius 3 is 2.59 bits per heavy atom. The molecular formula is C17H17N3O2. The number of pyridine rings is 1. The summed E-state index contributed by atoms with van der Waals surface area (Å²) < 4.78 is 10.8. The van der Waals surface area contributed by atoms with E-state index >= 15 is 0 Å². The summed E-state index contributed by atoms with van der Waals surface area (Å²) in [5.74, 6) is 1.93. The maximum absolute atomic E-state index is 9.45. The Balaban J connectivity index is 2.25. The molecule has 1 aromatic carbocycles. The number of aromatic nitrogens is 1. The van der Waals surface area contributed by atoms with Gasteiger partial charge in [-0.05, 0) is 25.0 Å². The van der Waals surface area contributed by atoms with Gasteiger partial charge in [0.05, 0.1) is 14.2 Å². The predicted octanol–water partition coefficient (Wildman–Crippen LogP) is 3.10. The average Bonchev–Trinajstić information content (AvgIpc) is 3.38. The third-order valence-corrected chi connectivity index (χ3v) is 3.87. The molecule has 1 aliphatic rings. The van der Waals surface area contributed by atoms with Gasteiger partial charge in [0.15, 0.2) is 11.5 Å². The second-order valence-electron chi connectivity index (χ2n) is 5.28. The van der Waals surface area contributed by atoms with Crippen molar-refractivity contribution in [3.8, 4) is 28.7 Å². The second kappa shape index (κ2) is 5.57. The zero-order chi connectivity index (χ0) is 15.7. The molecule has 0 amide bonds. The number of hydrogen-bond donors (Lipinski definition) is 1. The molecule has 3 rings (SSSR count). The van der Waals surface area contributed by atoms with Gasteiger partial charge in [0.1, 0.15) is 17.5 Å². The van der Waals surface area contributed by atoms with E-state index in [1.54, 1.807) is 14.2 Å². The van der Waals surface area contributed by atoms with Crippen LogP contribution in [0, 0.1) is 11.3 Å². The topological polar surface area (TPSA) is 81.2 Å². The molecule has 1 saturated carbocycles. The monoisotopic (exact) mass is 295 g/mol. The van der Waals surface area contributed by atoms with Crippen molar-refractivity contribution in [1.82, 2.24) is 4.98 Å². The quantitative estimate of drug-likeness (QED) is 0.937. The van der Waals surface area contributed by atoms with Gasteiger partial charge in [-0.1, -0.05) is 12.1 Å². The van der Waals surface area contributed by atoms with Crippen molar-refractivity contribution in [2.75, 3.05) is 20.0 Å². The van der Waals surface area contributed by atoms with Crippen molar-refractivity contribution in [3.63, 3.8) is 0 Å². The number of nitrogens with two attached hydrogens (primary N) is 1. The Kier molecular flexibility index (Phi) is 3.60. The van der Waals surface area contributed by atoms with E-state index in [9.17, 15) is 5.26 Å². The average molecular weight is 295 g/mol. The smallest absolute Gasteiger partial charge is 0.168 e. The number of rotatable bonds is 4. The van der Waals surface area contributed by atoms with Gasteiger partial charge < -0.3 is 15.2 Å². The van der Waals surface area contributed by atoms with E-state index in [-0.39, 0.29) is 5.82 Å². The van der Waals surface area contributed by atoms with Crippen LogP contribution in [-0.4, -0.2) is 19.2 Å². The summed E-state index contributed by atoms with van der Waals surface area (Å²) in [7, 11) is 3.17. The number of nitrogen functional groups attached to an aromatic ring is 1. The van der Waals surface area contributed by atoms with Gasteiger partial charge in [-0.15, -0.1) is 0 Å². The lowest BCUT2D eigenvalue weighted by atomic mass is 9.98. The number of benzene rings is 1. The predicted molar refractivity (Wildman–Crippen MR) is 83.9 cm³/mol. The van der Waals surface area contributed by atoms with Crippen molar-refractivity contribution in [3.05, 3.63) is 35.5 Å². The Labute approximate surface area is 129 Å². The van der Waals surface area contributed by atoms with Crippen molar-refractivity contribution in [2.24, 2.45) is 0 Å². The summed E-state index contributed by atoms with van der Waals surface area (Å²) in [5, 5.41) is 9.45. The highest BCUT2D eigenvalue weighted by Crippen LogP contribution is 2.44. The molecule has 0 atom stereocenters. The van der Waals surface area contributed by atoms with Crippen molar-refractivity contribution < 1.29 is 9.47 Å². The zero-order valence-corrected chi connectivity index (χ0v) is 12.6. The molecule has 1 aliphatic carbocycles. The lowest BCUT2D eigenvalue weighted by Gasteiger charge is -2.15. The summed E-state index contributed by atoms with van der Waals surface area (Å²) >= 11 is 0. The minimum absolute atomic E-state index is 0.270. The molecular weight excluding hydrogens is 278 g/mol. The zero-order valence-electron chi connectivity index (χ0n) is 12.6. The Morgan fingerprint density at radius 1 is 1.23 bits per heavy atom. The van der Waals surface area contributed by atoms with Crippen molar-refractivity contribution in [1.29, 1.82) is 5.26 Å². The molecule has 1 fully saturated rings. The molecule has 22 heavy (non-hydrogen) atoms. The van der Waals surface area contributed by atoms with Crippen LogP contribution in [0.3, 0.4) is 0 Å². The summed E-state index contributed by atoms with van der Waals surface area (Å²) in [6, 6.07) is 9.69. The number of nitriles is 1. The van der Waals surface area contributed by atoms with E-state index in [1.807, 2.05) is 24.3 Å². The first-order chi connectivity index (χ1) is 10.7. The largest absolute Gasteiger partial charge is 0.493 e. The molecule has 2 aromatic rings. The highest BCUT2D eigenvalue weighted by molar-refractivity contribution is 5.81. The first-order valence-electron chi connectivity index (χ1n) is 7.11. The van der Waals surface area contributed by atoms with E-state index < -0.39 is 0 Å². The molecule has 112 valence electrons. The van der Waals surface area contributed by atoms with E-state index in [0.717, 1.165) is 29.7 Å². The van der Waals surface area contributed by atoms with Gasteiger partial charge in [-0.3, -0.25) is 0 Å². The highest BCUT2D eigenvalue weighted by Gasteiger charge is 2.27. The third-order valence-electron chi connectivity index (χ3n) is 3.87. The van der Waals surface area contributed by atoms with Gasteiger partial charge in [-0.2, -0.15) is 5.26 Å². The standard InChI is InChI=1S/C17H17N3O2/c1-21-15-5-3-4-11(16(15)22-2)12-8-14(10-6-7-10)20-17(19)13(12)9-18/h3-5,8,10H,6-7H2,1-2H3,(H2,19,20). The lowest BCUT2D eigenvalue weighted by Crippen LogP contribution is -2.02. The molecule has 5 nitrogen and oxygen atoms in total. The van der Waals surface area contributed by atoms with Crippen LogP contribution in [0.1, 0.15) is 30.0 Å². The molecule has 0 bridgehead atoms. The molecule has 2 N–H and O–H groups in total. The molecule has 1 aromatic heterocycles. The van der Waals surface area contributed by atoms with Crippen LogP contribution >= 0.6 is 0 Å². The minimum atomic E-state index is 0.270. The summed E-state index contributed by atoms with van der Waals surface area (Å²) in [6.45, 7) is 0. The van der Waals surface area contributed by atoms with Gasteiger partial charge in [0.25, 0.3) is 0 Å². The van der Waals surface area contributed by atoms with Crippen LogP contribution in [0.2, 0.25) is 0 Å².